The average molecular weight is 558 g/mol. The van der Waals surface area contributed by atoms with Crippen LogP contribution in [0.1, 0.15) is 187 Å². The molecular weight excluding hydrogens is 490 g/mol. The number of nitrogens with one attached hydrogen (secondary N) is 1. The molecule has 0 radical (unpaired) electrons. The average Bonchev–Trinajstić information content (AvgIpc) is 2.94. The molecule has 2 amide bonds. The first-order valence-corrected chi connectivity index (χ1v) is 17.4. The summed E-state index contributed by atoms with van der Waals surface area (Å²) in [5.41, 5.74) is 0. The predicted molar refractivity (Wildman–Crippen MR) is 177 cm³/mol. The molecule has 0 bridgehead atoms. The van der Waals surface area contributed by atoms with Gasteiger partial charge in [-0.3, -0.25) is 14.9 Å². The largest absolute Gasteiger partial charge is 0.296 e. The molecule has 232 valence electrons. The second kappa shape index (κ2) is 33.6. The first kappa shape index (κ1) is 38.4. The van der Waals surface area contributed by atoms with Gasteiger partial charge in [-0.15, -0.1) is 6.58 Å². The Balaban J connectivity index is 3.37. The zero-order chi connectivity index (χ0) is 29.2. The van der Waals surface area contributed by atoms with Crippen molar-refractivity contribution in [2.75, 3.05) is 0 Å². The fourth-order valence-electron chi connectivity index (χ4n) is 5.03. The van der Waals surface area contributed by atoms with Crippen LogP contribution in [0.15, 0.2) is 37.0 Å². The Kier molecular flexibility index (Phi) is 32.2. The van der Waals surface area contributed by atoms with Crippen molar-refractivity contribution >= 4 is 11.8 Å². The molecule has 0 saturated heterocycles. The van der Waals surface area contributed by atoms with E-state index in [0.29, 0.717) is 12.8 Å². The van der Waals surface area contributed by atoms with Gasteiger partial charge in [0.05, 0.1) is 0 Å². The van der Waals surface area contributed by atoms with E-state index >= 15 is 0 Å². The molecule has 0 aromatic heterocycles. The van der Waals surface area contributed by atoms with Crippen molar-refractivity contribution in [2.45, 2.75) is 187 Å². The minimum absolute atomic E-state index is 0.0953. The van der Waals surface area contributed by atoms with Gasteiger partial charge in [-0.25, -0.2) is 0 Å². The lowest BCUT2D eigenvalue weighted by atomic mass is 10.1. The molecule has 0 saturated carbocycles. The predicted octanol–water partition coefficient (Wildman–Crippen LogP) is 11.9. The monoisotopic (exact) mass is 558 g/mol. The number of unbranched alkanes of at least 4 members (excludes halogenated alkanes) is 22. The highest BCUT2D eigenvalue weighted by Crippen LogP contribution is 2.12. The summed E-state index contributed by atoms with van der Waals surface area (Å²) in [5, 5.41) is 2.58. The van der Waals surface area contributed by atoms with E-state index < -0.39 is 0 Å². The molecule has 3 heteroatoms. The lowest BCUT2D eigenvalue weighted by molar-refractivity contribution is -0.130. The Labute approximate surface area is 250 Å². The second-order valence-electron chi connectivity index (χ2n) is 11.7. The van der Waals surface area contributed by atoms with Crippen molar-refractivity contribution in [3.63, 3.8) is 0 Å². The number of hydrogen-bond acceptors (Lipinski definition) is 2. The highest BCUT2D eigenvalue weighted by molar-refractivity contribution is 5.95. The van der Waals surface area contributed by atoms with Crippen LogP contribution >= 0.6 is 0 Å². The van der Waals surface area contributed by atoms with Crippen molar-refractivity contribution < 1.29 is 9.59 Å². The number of rotatable bonds is 31. The number of carbonyl (C=O) groups is 2. The van der Waals surface area contributed by atoms with Crippen LogP contribution in [-0.2, 0) is 9.59 Å². The van der Waals surface area contributed by atoms with Crippen LogP contribution in [0.5, 0.6) is 0 Å². The van der Waals surface area contributed by atoms with E-state index in [1.165, 1.54) is 135 Å². The Hall–Kier alpha value is -1.64. The lowest BCUT2D eigenvalue weighted by Crippen LogP contribution is -2.29. The fraction of sp³-hybridized carbons (Fsp3) is 0.784. The molecule has 0 aromatic carbocycles. The number of allylic oxidation sites excluding steroid dienone is 5. The third kappa shape index (κ3) is 32.6. The van der Waals surface area contributed by atoms with Gasteiger partial charge in [-0.2, -0.15) is 0 Å². The fourth-order valence-corrected chi connectivity index (χ4v) is 5.03. The number of hydrogen-bond donors (Lipinski definition) is 1. The SMILES string of the molecule is C=CCCCCCCC/C=C\CCCCCCCC(=O)NC(=O)CCCCCCC/C=C\CCCCCCCC. The third-order valence-electron chi connectivity index (χ3n) is 7.66. The quantitative estimate of drug-likeness (QED) is 0.0680. The van der Waals surface area contributed by atoms with Crippen LogP contribution in [0.3, 0.4) is 0 Å². The van der Waals surface area contributed by atoms with E-state index in [9.17, 15) is 9.59 Å². The Morgan fingerprint density at radius 3 is 1.10 bits per heavy atom. The van der Waals surface area contributed by atoms with Gasteiger partial charge in [0.15, 0.2) is 0 Å². The summed E-state index contributed by atoms with van der Waals surface area (Å²) < 4.78 is 0. The Morgan fingerprint density at radius 2 is 0.750 bits per heavy atom. The molecule has 0 unspecified atom stereocenters. The van der Waals surface area contributed by atoms with Gasteiger partial charge >= 0.3 is 0 Å². The van der Waals surface area contributed by atoms with Gasteiger partial charge in [0.2, 0.25) is 11.8 Å². The summed E-state index contributed by atoms with van der Waals surface area (Å²) >= 11 is 0. The first-order valence-electron chi connectivity index (χ1n) is 17.4. The van der Waals surface area contributed by atoms with E-state index in [-0.39, 0.29) is 11.8 Å². The normalized spacial score (nSPS) is 11.5. The van der Waals surface area contributed by atoms with Gasteiger partial charge < -0.3 is 0 Å². The van der Waals surface area contributed by atoms with Gasteiger partial charge in [-0.05, 0) is 77.0 Å². The van der Waals surface area contributed by atoms with E-state index in [0.717, 1.165) is 32.1 Å². The van der Waals surface area contributed by atoms with E-state index in [1.54, 1.807) is 0 Å². The van der Waals surface area contributed by atoms with E-state index in [4.69, 9.17) is 0 Å². The maximum atomic E-state index is 12.0. The standard InChI is InChI=1S/C37H67NO2/c1-3-5-7-9-11-13-15-17-19-21-23-25-27-29-31-33-35-37(40)38-36(39)34-32-30-28-26-24-22-20-18-16-14-12-10-8-6-4-2/h3,18-21H,1,4-17,22-35H2,2H3,(H,38,39,40)/b20-18-,21-19-. The van der Waals surface area contributed by atoms with Crippen LogP contribution in [-0.4, -0.2) is 11.8 Å². The van der Waals surface area contributed by atoms with Crippen molar-refractivity contribution in [3.05, 3.63) is 37.0 Å². The summed E-state index contributed by atoms with van der Waals surface area (Å²) in [6.45, 7) is 6.04. The van der Waals surface area contributed by atoms with Crippen molar-refractivity contribution in [1.29, 1.82) is 0 Å². The minimum atomic E-state index is -0.0959. The third-order valence-corrected chi connectivity index (χ3v) is 7.66. The van der Waals surface area contributed by atoms with Crippen LogP contribution in [0, 0.1) is 0 Å². The molecule has 0 aliphatic heterocycles. The molecule has 40 heavy (non-hydrogen) atoms. The van der Waals surface area contributed by atoms with Gasteiger partial charge in [0.1, 0.15) is 0 Å². The Bertz CT molecular complexity index is 622. The highest BCUT2D eigenvalue weighted by atomic mass is 16.2. The summed E-state index contributed by atoms with van der Waals surface area (Å²) in [5.74, 6) is -0.191. The van der Waals surface area contributed by atoms with Crippen molar-refractivity contribution in [1.82, 2.24) is 5.32 Å². The molecular formula is C37H67NO2. The molecule has 0 rings (SSSR count). The van der Waals surface area contributed by atoms with Gasteiger partial charge in [-0.1, -0.05) is 127 Å². The molecule has 3 nitrogen and oxygen atoms in total. The zero-order valence-electron chi connectivity index (χ0n) is 26.7. The number of carbonyl (C=O) groups excluding carboxylic acids is 2. The van der Waals surface area contributed by atoms with E-state index in [2.05, 4.69) is 43.1 Å². The molecule has 0 fully saturated rings. The highest BCUT2D eigenvalue weighted by Gasteiger charge is 2.07. The summed E-state index contributed by atoms with van der Waals surface area (Å²) in [6.07, 6.45) is 44.4. The number of amides is 2. The second-order valence-corrected chi connectivity index (χ2v) is 11.7. The molecule has 0 aromatic rings. The summed E-state index contributed by atoms with van der Waals surface area (Å²) in [6, 6.07) is 0. The molecule has 0 aliphatic carbocycles. The first-order chi connectivity index (χ1) is 19.7. The summed E-state index contributed by atoms with van der Waals surface area (Å²) in [4.78, 5) is 24.0. The van der Waals surface area contributed by atoms with Crippen LogP contribution in [0.2, 0.25) is 0 Å². The smallest absolute Gasteiger partial charge is 0.226 e. The summed E-state index contributed by atoms with van der Waals surface area (Å²) in [7, 11) is 0. The molecule has 0 atom stereocenters. The van der Waals surface area contributed by atoms with Crippen molar-refractivity contribution in [2.24, 2.45) is 0 Å². The maximum absolute atomic E-state index is 12.0. The minimum Gasteiger partial charge on any atom is -0.296 e. The topological polar surface area (TPSA) is 46.2 Å². The lowest BCUT2D eigenvalue weighted by Gasteiger charge is -2.05. The van der Waals surface area contributed by atoms with Crippen molar-refractivity contribution in [3.8, 4) is 0 Å². The Morgan fingerprint density at radius 1 is 0.450 bits per heavy atom. The molecule has 0 aliphatic rings. The van der Waals surface area contributed by atoms with E-state index in [1.807, 2.05) is 6.08 Å². The van der Waals surface area contributed by atoms with Gasteiger partial charge in [0, 0.05) is 12.8 Å². The molecule has 0 heterocycles. The van der Waals surface area contributed by atoms with Gasteiger partial charge in [0.25, 0.3) is 0 Å². The molecule has 0 spiro atoms. The zero-order valence-corrected chi connectivity index (χ0v) is 26.7. The van der Waals surface area contributed by atoms with Crippen LogP contribution < -0.4 is 5.32 Å². The van der Waals surface area contributed by atoms with Crippen LogP contribution in [0.4, 0.5) is 0 Å². The van der Waals surface area contributed by atoms with Crippen LogP contribution in [0.25, 0.3) is 0 Å². The molecule has 1 N–H and O–H groups in total. The maximum Gasteiger partial charge on any atom is 0.226 e. The number of imide groups is 1.